The van der Waals surface area contributed by atoms with E-state index in [1.54, 1.807) is 12.1 Å². The Labute approximate surface area is 91.7 Å². The molecule has 0 spiro atoms. The zero-order valence-electron chi connectivity index (χ0n) is 8.13. The van der Waals surface area contributed by atoms with Crippen molar-refractivity contribution in [1.29, 1.82) is 0 Å². The van der Waals surface area contributed by atoms with E-state index in [9.17, 15) is 4.39 Å². The number of rotatable bonds is 2. The van der Waals surface area contributed by atoms with Gasteiger partial charge in [0.2, 0.25) is 5.89 Å². The molecule has 0 unspecified atom stereocenters. The fourth-order valence-corrected chi connectivity index (χ4v) is 1.42. The summed E-state index contributed by atoms with van der Waals surface area (Å²) in [5.74, 6) is 0.187. The maximum atomic E-state index is 13.4. The topological polar surface area (TPSA) is 26.0 Å². The molecule has 0 saturated heterocycles. The van der Waals surface area contributed by atoms with E-state index in [-0.39, 0.29) is 17.6 Å². The van der Waals surface area contributed by atoms with Gasteiger partial charge in [-0.05, 0) is 19.1 Å². The summed E-state index contributed by atoms with van der Waals surface area (Å²) < 4.78 is 18.6. The summed E-state index contributed by atoms with van der Waals surface area (Å²) in [6.45, 7) is 1.88. The van der Waals surface area contributed by atoms with Crippen LogP contribution in [-0.4, -0.2) is 4.98 Å². The number of aryl methyl sites for hydroxylation is 1. The van der Waals surface area contributed by atoms with Crippen LogP contribution in [0.1, 0.15) is 11.3 Å². The van der Waals surface area contributed by atoms with Crippen molar-refractivity contribution in [2.24, 2.45) is 0 Å². The highest BCUT2D eigenvalue weighted by atomic mass is 35.5. The minimum absolute atomic E-state index is 0.261. The van der Waals surface area contributed by atoms with Gasteiger partial charge in [-0.2, -0.15) is 0 Å². The van der Waals surface area contributed by atoms with Gasteiger partial charge in [-0.15, -0.1) is 11.6 Å². The highest BCUT2D eigenvalue weighted by Crippen LogP contribution is 2.23. The van der Waals surface area contributed by atoms with E-state index in [0.717, 1.165) is 5.56 Å². The van der Waals surface area contributed by atoms with Crippen molar-refractivity contribution >= 4 is 11.6 Å². The molecule has 1 aromatic heterocycles. The molecular weight excluding hydrogens is 217 g/mol. The number of nitrogens with zero attached hydrogens (tertiary/aromatic N) is 1. The first kappa shape index (κ1) is 10.2. The van der Waals surface area contributed by atoms with E-state index in [1.807, 2.05) is 6.92 Å². The lowest BCUT2D eigenvalue weighted by atomic mass is 10.1. The summed E-state index contributed by atoms with van der Waals surface area (Å²) in [6, 6.07) is 4.79. The lowest BCUT2D eigenvalue weighted by Gasteiger charge is -1.99. The van der Waals surface area contributed by atoms with Crippen molar-refractivity contribution in [3.8, 4) is 11.5 Å². The van der Waals surface area contributed by atoms with Crippen molar-refractivity contribution in [2.75, 3.05) is 0 Å². The number of alkyl halides is 1. The van der Waals surface area contributed by atoms with E-state index in [0.29, 0.717) is 11.3 Å². The SMILES string of the molecule is Cc1ccc(F)c(-c2nc(CCl)co2)c1. The second-order valence-corrected chi connectivity index (χ2v) is 3.53. The minimum Gasteiger partial charge on any atom is -0.444 e. The largest absolute Gasteiger partial charge is 0.444 e. The summed E-state index contributed by atoms with van der Waals surface area (Å²) >= 11 is 5.58. The fraction of sp³-hybridized carbons (Fsp3) is 0.182. The highest BCUT2D eigenvalue weighted by molar-refractivity contribution is 6.16. The van der Waals surface area contributed by atoms with Gasteiger partial charge in [0.15, 0.2) is 0 Å². The van der Waals surface area contributed by atoms with E-state index < -0.39 is 0 Å². The van der Waals surface area contributed by atoms with Crippen LogP contribution in [0.2, 0.25) is 0 Å². The van der Waals surface area contributed by atoms with E-state index in [4.69, 9.17) is 16.0 Å². The second kappa shape index (κ2) is 4.03. The number of hydrogen-bond acceptors (Lipinski definition) is 2. The van der Waals surface area contributed by atoms with Gasteiger partial charge >= 0.3 is 0 Å². The third kappa shape index (κ3) is 2.02. The third-order valence-electron chi connectivity index (χ3n) is 2.04. The van der Waals surface area contributed by atoms with Gasteiger partial charge < -0.3 is 4.42 Å². The lowest BCUT2D eigenvalue weighted by Crippen LogP contribution is -1.86. The Morgan fingerprint density at radius 1 is 1.47 bits per heavy atom. The average molecular weight is 226 g/mol. The summed E-state index contributed by atoms with van der Waals surface area (Å²) in [7, 11) is 0. The molecule has 0 aliphatic rings. The van der Waals surface area contributed by atoms with E-state index >= 15 is 0 Å². The van der Waals surface area contributed by atoms with Crippen molar-refractivity contribution in [1.82, 2.24) is 4.98 Å². The predicted molar refractivity (Wildman–Crippen MR) is 56.2 cm³/mol. The van der Waals surface area contributed by atoms with Crippen molar-refractivity contribution in [2.45, 2.75) is 12.8 Å². The summed E-state index contributed by atoms with van der Waals surface area (Å²) in [6.07, 6.45) is 1.43. The van der Waals surface area contributed by atoms with E-state index in [1.165, 1.54) is 12.3 Å². The zero-order valence-corrected chi connectivity index (χ0v) is 8.88. The van der Waals surface area contributed by atoms with Gasteiger partial charge in [0.1, 0.15) is 12.1 Å². The predicted octanol–water partition coefficient (Wildman–Crippen LogP) is 3.53. The van der Waals surface area contributed by atoms with Crippen molar-refractivity contribution < 1.29 is 8.81 Å². The van der Waals surface area contributed by atoms with Crippen LogP contribution in [0, 0.1) is 12.7 Å². The molecule has 2 rings (SSSR count). The molecule has 1 heterocycles. The highest BCUT2D eigenvalue weighted by Gasteiger charge is 2.11. The first-order chi connectivity index (χ1) is 7.20. The molecule has 0 amide bonds. The van der Waals surface area contributed by atoms with Gasteiger partial charge in [0.25, 0.3) is 0 Å². The Bertz CT molecular complexity index is 481. The van der Waals surface area contributed by atoms with Crippen molar-refractivity contribution in [3.63, 3.8) is 0 Å². The van der Waals surface area contributed by atoms with Crippen molar-refractivity contribution in [3.05, 3.63) is 41.5 Å². The van der Waals surface area contributed by atoms with Crippen LogP contribution in [0.5, 0.6) is 0 Å². The second-order valence-electron chi connectivity index (χ2n) is 3.26. The van der Waals surface area contributed by atoms with Gasteiger partial charge in [-0.1, -0.05) is 11.6 Å². The average Bonchev–Trinajstić information content (AvgIpc) is 2.70. The summed E-state index contributed by atoms with van der Waals surface area (Å²) in [5, 5.41) is 0. The fourth-order valence-electron chi connectivity index (χ4n) is 1.30. The molecule has 15 heavy (non-hydrogen) atoms. The molecule has 0 atom stereocenters. The van der Waals surface area contributed by atoms with Crippen LogP contribution in [0.4, 0.5) is 4.39 Å². The maximum Gasteiger partial charge on any atom is 0.229 e. The molecule has 1 aromatic carbocycles. The molecule has 0 bridgehead atoms. The Balaban J connectivity index is 2.48. The molecule has 0 aliphatic heterocycles. The van der Waals surface area contributed by atoms with Crippen LogP contribution in [0.15, 0.2) is 28.9 Å². The normalized spacial score (nSPS) is 10.6. The maximum absolute atomic E-state index is 13.4. The van der Waals surface area contributed by atoms with Crippen LogP contribution in [0.3, 0.4) is 0 Å². The Morgan fingerprint density at radius 3 is 2.93 bits per heavy atom. The van der Waals surface area contributed by atoms with Crippen LogP contribution >= 0.6 is 11.6 Å². The molecule has 0 fully saturated rings. The van der Waals surface area contributed by atoms with E-state index in [2.05, 4.69) is 4.98 Å². The van der Waals surface area contributed by atoms with Gasteiger partial charge in [-0.25, -0.2) is 9.37 Å². The number of benzene rings is 1. The first-order valence-electron chi connectivity index (χ1n) is 4.47. The summed E-state index contributed by atoms with van der Waals surface area (Å²) in [4.78, 5) is 4.06. The summed E-state index contributed by atoms with van der Waals surface area (Å²) in [5.41, 5.74) is 1.93. The number of hydrogen-bond donors (Lipinski definition) is 0. The molecule has 0 aliphatic carbocycles. The standard InChI is InChI=1S/C11H9ClFNO/c1-7-2-3-10(13)9(4-7)11-14-8(5-12)6-15-11/h2-4,6H,5H2,1H3. The molecule has 0 radical (unpaired) electrons. The zero-order chi connectivity index (χ0) is 10.8. The molecule has 4 heteroatoms. The van der Waals surface area contributed by atoms with Gasteiger partial charge in [0, 0.05) is 0 Å². The number of aromatic nitrogens is 1. The Hall–Kier alpha value is -1.35. The molecule has 2 nitrogen and oxygen atoms in total. The van der Waals surface area contributed by atoms with Crippen LogP contribution < -0.4 is 0 Å². The third-order valence-corrected chi connectivity index (χ3v) is 2.31. The van der Waals surface area contributed by atoms with Crippen LogP contribution in [0.25, 0.3) is 11.5 Å². The van der Waals surface area contributed by atoms with Gasteiger partial charge in [0.05, 0.1) is 17.1 Å². The Kier molecular flexibility index (Phi) is 2.73. The van der Waals surface area contributed by atoms with Gasteiger partial charge in [-0.3, -0.25) is 0 Å². The molecule has 0 N–H and O–H groups in total. The molecule has 0 saturated carbocycles. The number of oxazole rings is 1. The Morgan fingerprint density at radius 2 is 2.27 bits per heavy atom. The number of halogens is 2. The van der Waals surface area contributed by atoms with Crippen LogP contribution in [-0.2, 0) is 5.88 Å². The molecular formula is C11H9ClFNO. The molecule has 78 valence electrons. The quantitative estimate of drug-likeness (QED) is 0.731. The first-order valence-corrected chi connectivity index (χ1v) is 5.01. The lowest BCUT2D eigenvalue weighted by molar-refractivity contribution is 0.561. The molecule has 2 aromatic rings. The monoisotopic (exact) mass is 225 g/mol. The smallest absolute Gasteiger partial charge is 0.229 e. The minimum atomic E-state index is -0.344.